The van der Waals surface area contributed by atoms with Gasteiger partial charge in [-0.3, -0.25) is 0 Å². The normalized spacial score (nSPS) is 20.8. The van der Waals surface area contributed by atoms with Crippen LogP contribution in [0.1, 0.15) is 38.3 Å². The third-order valence-electron chi connectivity index (χ3n) is 4.64. The number of hydrogen-bond donors (Lipinski definition) is 2. The van der Waals surface area contributed by atoms with Gasteiger partial charge in [-0.25, -0.2) is 0 Å². The highest BCUT2D eigenvalue weighted by molar-refractivity contribution is 5.19. The Morgan fingerprint density at radius 3 is 2.45 bits per heavy atom. The third kappa shape index (κ3) is 4.05. The van der Waals surface area contributed by atoms with Crippen LogP contribution in [-0.4, -0.2) is 42.3 Å². The summed E-state index contributed by atoms with van der Waals surface area (Å²) in [5.74, 6) is 0.718. The number of benzene rings is 1. The van der Waals surface area contributed by atoms with Crippen LogP contribution in [-0.2, 0) is 0 Å². The molecule has 1 heterocycles. The van der Waals surface area contributed by atoms with Crippen LogP contribution in [0.2, 0.25) is 0 Å². The maximum atomic E-state index is 9.64. The highest BCUT2D eigenvalue weighted by Crippen LogP contribution is 2.23. The molecule has 1 aliphatic rings. The van der Waals surface area contributed by atoms with Crippen LogP contribution in [0.15, 0.2) is 30.3 Å². The van der Waals surface area contributed by atoms with E-state index in [2.05, 4.69) is 36.2 Å². The van der Waals surface area contributed by atoms with Crippen LogP contribution < -0.4 is 5.32 Å². The van der Waals surface area contributed by atoms with Gasteiger partial charge in [0.1, 0.15) is 0 Å². The summed E-state index contributed by atoms with van der Waals surface area (Å²) < 4.78 is 0. The number of nitrogens with one attached hydrogen (secondary N) is 1. The zero-order valence-electron chi connectivity index (χ0n) is 12.8. The molecule has 0 aliphatic carbocycles. The quantitative estimate of drug-likeness (QED) is 0.837. The number of hydrogen-bond acceptors (Lipinski definition) is 3. The van der Waals surface area contributed by atoms with Crippen molar-refractivity contribution >= 4 is 0 Å². The van der Waals surface area contributed by atoms with Gasteiger partial charge < -0.3 is 15.3 Å². The van der Waals surface area contributed by atoms with Crippen LogP contribution >= 0.6 is 0 Å². The molecule has 0 aromatic heterocycles. The molecule has 2 N–H and O–H groups in total. The van der Waals surface area contributed by atoms with E-state index in [0.29, 0.717) is 6.04 Å². The Hall–Kier alpha value is -0.900. The number of aliphatic hydroxyl groups is 1. The van der Waals surface area contributed by atoms with Gasteiger partial charge in [-0.2, -0.15) is 0 Å². The van der Waals surface area contributed by atoms with Gasteiger partial charge >= 0.3 is 0 Å². The summed E-state index contributed by atoms with van der Waals surface area (Å²) in [5.41, 5.74) is 1.17. The van der Waals surface area contributed by atoms with Gasteiger partial charge in [-0.05, 0) is 50.9 Å². The third-order valence-corrected chi connectivity index (χ3v) is 4.64. The zero-order valence-corrected chi connectivity index (χ0v) is 12.8. The van der Waals surface area contributed by atoms with Crippen molar-refractivity contribution in [3.05, 3.63) is 35.9 Å². The molecule has 3 heteroatoms. The summed E-state index contributed by atoms with van der Waals surface area (Å²) >= 11 is 0. The average Bonchev–Trinajstić information content (AvgIpc) is 2.53. The molecule has 112 valence electrons. The average molecular weight is 276 g/mol. The largest absolute Gasteiger partial charge is 0.394 e. The van der Waals surface area contributed by atoms with E-state index < -0.39 is 0 Å². The lowest BCUT2D eigenvalue weighted by Gasteiger charge is -2.36. The Kier molecular flexibility index (Phi) is 6.02. The summed E-state index contributed by atoms with van der Waals surface area (Å²) in [7, 11) is 0. The molecule has 0 saturated carbocycles. The van der Waals surface area contributed by atoms with Crippen molar-refractivity contribution in [2.75, 3.05) is 26.2 Å². The molecule has 0 spiro atoms. The number of piperidine rings is 1. The van der Waals surface area contributed by atoms with Crippen molar-refractivity contribution < 1.29 is 5.11 Å². The number of rotatable bonds is 6. The molecular weight excluding hydrogens is 248 g/mol. The summed E-state index contributed by atoms with van der Waals surface area (Å²) in [6.07, 6.45) is 2.52. The fraction of sp³-hybridized carbons (Fsp3) is 0.647. The summed E-state index contributed by atoms with van der Waals surface area (Å²) in [4.78, 5) is 2.52. The molecule has 1 aromatic carbocycles. The second-order valence-corrected chi connectivity index (χ2v) is 5.87. The predicted molar refractivity (Wildman–Crippen MR) is 83.7 cm³/mol. The molecule has 0 bridgehead atoms. The smallest absolute Gasteiger partial charge is 0.0626 e. The second kappa shape index (κ2) is 7.77. The molecule has 0 radical (unpaired) electrons. The van der Waals surface area contributed by atoms with Gasteiger partial charge in [0.2, 0.25) is 0 Å². The second-order valence-electron chi connectivity index (χ2n) is 5.87. The summed E-state index contributed by atoms with van der Waals surface area (Å²) in [5, 5.41) is 13.3. The maximum absolute atomic E-state index is 9.64. The Bertz CT molecular complexity index is 374. The number of likely N-dealkylation sites (tertiary alicyclic amines) is 1. The topological polar surface area (TPSA) is 35.5 Å². The van der Waals surface area contributed by atoms with E-state index in [1.165, 1.54) is 31.5 Å². The first kappa shape index (κ1) is 15.5. The standard InChI is InChI=1S/C17H28N2O/c1-3-19-11-9-15(10-12-19)14(2)18-17(13-20)16-7-5-4-6-8-16/h4-8,14-15,17-18,20H,3,9-13H2,1-2H3/t14?,17-/m0/s1. The minimum Gasteiger partial charge on any atom is -0.394 e. The monoisotopic (exact) mass is 276 g/mol. The van der Waals surface area contributed by atoms with Crippen molar-refractivity contribution in [3.63, 3.8) is 0 Å². The highest BCUT2D eigenvalue weighted by Gasteiger charge is 2.25. The molecule has 1 aliphatic heterocycles. The molecule has 2 atom stereocenters. The van der Waals surface area contributed by atoms with E-state index in [1.54, 1.807) is 0 Å². The lowest BCUT2D eigenvalue weighted by atomic mass is 9.89. The number of aliphatic hydroxyl groups excluding tert-OH is 1. The van der Waals surface area contributed by atoms with Crippen molar-refractivity contribution in [2.45, 2.75) is 38.8 Å². The maximum Gasteiger partial charge on any atom is 0.0626 e. The Morgan fingerprint density at radius 2 is 1.90 bits per heavy atom. The van der Waals surface area contributed by atoms with Crippen LogP contribution in [0.4, 0.5) is 0 Å². The predicted octanol–water partition coefficient (Wildman–Crippen LogP) is 2.43. The summed E-state index contributed by atoms with van der Waals surface area (Å²) in [6, 6.07) is 10.7. The highest BCUT2D eigenvalue weighted by atomic mass is 16.3. The van der Waals surface area contributed by atoms with Gasteiger partial charge in [0.15, 0.2) is 0 Å². The molecule has 0 amide bonds. The van der Waals surface area contributed by atoms with E-state index in [4.69, 9.17) is 0 Å². The van der Waals surface area contributed by atoms with Crippen molar-refractivity contribution in [1.82, 2.24) is 10.2 Å². The first-order chi connectivity index (χ1) is 9.74. The first-order valence-electron chi connectivity index (χ1n) is 7.88. The molecule has 1 fully saturated rings. The Balaban J connectivity index is 1.88. The molecule has 1 unspecified atom stereocenters. The van der Waals surface area contributed by atoms with Crippen molar-refractivity contribution in [1.29, 1.82) is 0 Å². The van der Waals surface area contributed by atoms with Crippen LogP contribution in [0.5, 0.6) is 0 Å². The van der Waals surface area contributed by atoms with E-state index in [0.717, 1.165) is 12.5 Å². The van der Waals surface area contributed by atoms with E-state index >= 15 is 0 Å². The first-order valence-corrected chi connectivity index (χ1v) is 7.88. The summed E-state index contributed by atoms with van der Waals surface area (Å²) in [6.45, 7) is 8.24. The molecule has 2 rings (SSSR count). The Morgan fingerprint density at radius 1 is 1.25 bits per heavy atom. The van der Waals surface area contributed by atoms with E-state index in [-0.39, 0.29) is 12.6 Å². The van der Waals surface area contributed by atoms with E-state index in [1.807, 2.05) is 18.2 Å². The molecule has 3 nitrogen and oxygen atoms in total. The van der Waals surface area contributed by atoms with Crippen LogP contribution in [0, 0.1) is 5.92 Å². The van der Waals surface area contributed by atoms with Gasteiger partial charge in [-0.15, -0.1) is 0 Å². The molecule has 1 aromatic rings. The fourth-order valence-corrected chi connectivity index (χ4v) is 3.16. The molecule has 20 heavy (non-hydrogen) atoms. The fourth-order valence-electron chi connectivity index (χ4n) is 3.16. The van der Waals surface area contributed by atoms with Gasteiger partial charge in [-0.1, -0.05) is 37.3 Å². The number of nitrogens with zero attached hydrogens (tertiary/aromatic N) is 1. The van der Waals surface area contributed by atoms with Gasteiger partial charge in [0.05, 0.1) is 12.6 Å². The SMILES string of the molecule is CCN1CCC(C(C)N[C@@H](CO)c2ccccc2)CC1. The zero-order chi connectivity index (χ0) is 14.4. The lowest BCUT2D eigenvalue weighted by molar-refractivity contribution is 0.153. The van der Waals surface area contributed by atoms with Gasteiger partial charge in [0, 0.05) is 6.04 Å². The molecule has 1 saturated heterocycles. The Labute approximate surface area is 123 Å². The minimum absolute atomic E-state index is 0.0513. The van der Waals surface area contributed by atoms with Crippen LogP contribution in [0.3, 0.4) is 0 Å². The lowest BCUT2D eigenvalue weighted by Crippen LogP contribution is -2.43. The van der Waals surface area contributed by atoms with Crippen LogP contribution in [0.25, 0.3) is 0 Å². The minimum atomic E-state index is 0.0513. The van der Waals surface area contributed by atoms with E-state index in [9.17, 15) is 5.11 Å². The molecular formula is C17H28N2O. The van der Waals surface area contributed by atoms with Crippen molar-refractivity contribution in [3.8, 4) is 0 Å². The van der Waals surface area contributed by atoms with Gasteiger partial charge in [0.25, 0.3) is 0 Å². The van der Waals surface area contributed by atoms with Crippen molar-refractivity contribution in [2.24, 2.45) is 5.92 Å².